The second kappa shape index (κ2) is 6.03. The molecule has 3 aromatic rings. The van der Waals surface area contributed by atoms with Crippen molar-refractivity contribution in [2.45, 2.75) is 6.54 Å². The van der Waals surface area contributed by atoms with E-state index >= 15 is 0 Å². The quantitative estimate of drug-likeness (QED) is 0.772. The van der Waals surface area contributed by atoms with Crippen molar-refractivity contribution in [1.82, 2.24) is 9.97 Å². The largest absolute Gasteiger partial charge is 0.380 e. The molecule has 0 radical (unpaired) electrons. The third kappa shape index (κ3) is 2.98. The van der Waals surface area contributed by atoms with Crippen molar-refractivity contribution in [1.29, 1.82) is 0 Å². The van der Waals surface area contributed by atoms with Crippen LogP contribution in [0.1, 0.15) is 4.88 Å². The Morgan fingerprint density at radius 3 is 2.65 bits per heavy atom. The topological polar surface area (TPSA) is 37.8 Å². The monoisotopic (exact) mass is 301 g/mol. The number of para-hydroxylation sites is 1. The van der Waals surface area contributed by atoms with Gasteiger partial charge >= 0.3 is 0 Å². The highest BCUT2D eigenvalue weighted by Crippen LogP contribution is 2.27. The van der Waals surface area contributed by atoms with Crippen molar-refractivity contribution in [3.63, 3.8) is 0 Å². The number of benzene rings is 1. The Labute approximate surface area is 126 Å². The maximum atomic E-state index is 5.84. The minimum atomic E-state index is 0.569. The molecular weight excluding hydrogens is 290 g/mol. The first-order valence-corrected chi connectivity index (χ1v) is 7.37. The van der Waals surface area contributed by atoms with Gasteiger partial charge in [-0.25, -0.2) is 4.98 Å². The predicted octanol–water partition coefficient (Wildman–Crippen LogP) is 4.47. The molecule has 2 aromatic heterocycles. The van der Waals surface area contributed by atoms with Gasteiger partial charge in [0.2, 0.25) is 0 Å². The van der Waals surface area contributed by atoms with Crippen LogP contribution in [0.5, 0.6) is 0 Å². The summed E-state index contributed by atoms with van der Waals surface area (Å²) in [5, 5.41) is 3.41. The van der Waals surface area contributed by atoms with E-state index in [1.807, 2.05) is 36.4 Å². The molecule has 0 fully saturated rings. The summed E-state index contributed by atoms with van der Waals surface area (Å²) in [5.74, 6) is 0. The van der Waals surface area contributed by atoms with Crippen LogP contribution in [0.2, 0.25) is 4.47 Å². The third-order valence-electron chi connectivity index (χ3n) is 2.85. The van der Waals surface area contributed by atoms with Crippen LogP contribution in [0, 0.1) is 0 Å². The molecule has 3 nitrogen and oxygen atoms in total. The van der Waals surface area contributed by atoms with Crippen LogP contribution >= 0.6 is 22.9 Å². The molecule has 0 saturated carbocycles. The first-order chi connectivity index (χ1) is 9.83. The number of halogens is 1. The van der Waals surface area contributed by atoms with Gasteiger partial charge in [0.25, 0.3) is 0 Å². The molecule has 0 aliphatic heterocycles. The number of hydrogen-bond acceptors (Lipinski definition) is 4. The molecular formula is C15H12ClN3S. The average Bonchev–Trinajstić information content (AvgIpc) is 2.92. The van der Waals surface area contributed by atoms with Gasteiger partial charge in [-0.3, -0.25) is 4.98 Å². The maximum absolute atomic E-state index is 5.84. The van der Waals surface area contributed by atoms with Crippen LogP contribution in [-0.4, -0.2) is 9.97 Å². The summed E-state index contributed by atoms with van der Waals surface area (Å²) < 4.78 is 0.569. The molecule has 1 N–H and O–H groups in total. The van der Waals surface area contributed by atoms with Gasteiger partial charge in [-0.15, -0.1) is 11.3 Å². The van der Waals surface area contributed by atoms with Gasteiger partial charge in [0, 0.05) is 28.5 Å². The first kappa shape index (κ1) is 13.1. The van der Waals surface area contributed by atoms with Gasteiger partial charge in [0.05, 0.1) is 12.2 Å². The predicted molar refractivity (Wildman–Crippen MR) is 84.1 cm³/mol. The Bertz CT molecular complexity index is 697. The van der Waals surface area contributed by atoms with E-state index in [-0.39, 0.29) is 0 Å². The fourth-order valence-corrected chi connectivity index (χ4v) is 2.85. The van der Waals surface area contributed by atoms with Crippen LogP contribution in [0.25, 0.3) is 11.3 Å². The summed E-state index contributed by atoms with van der Waals surface area (Å²) in [6, 6.07) is 14.0. The smallest absolute Gasteiger partial charge is 0.183 e. The minimum absolute atomic E-state index is 0.569. The molecule has 5 heteroatoms. The van der Waals surface area contributed by atoms with Crippen molar-refractivity contribution in [3.05, 3.63) is 64.2 Å². The van der Waals surface area contributed by atoms with Gasteiger partial charge in [-0.2, -0.15) is 0 Å². The average molecular weight is 302 g/mol. The molecule has 0 amide bonds. The van der Waals surface area contributed by atoms with E-state index in [0.29, 0.717) is 11.0 Å². The van der Waals surface area contributed by atoms with Gasteiger partial charge < -0.3 is 5.32 Å². The SMILES string of the molecule is Clc1ncc(CNc2ccccc2-c2ccccn2)s1. The van der Waals surface area contributed by atoms with Gasteiger partial charge in [-0.1, -0.05) is 35.9 Å². The lowest BCUT2D eigenvalue weighted by Crippen LogP contribution is -1.99. The summed E-state index contributed by atoms with van der Waals surface area (Å²) in [7, 11) is 0. The zero-order valence-electron chi connectivity index (χ0n) is 10.6. The van der Waals surface area contributed by atoms with E-state index in [1.54, 1.807) is 12.4 Å². The highest BCUT2D eigenvalue weighted by molar-refractivity contribution is 7.15. The molecule has 0 saturated heterocycles. The van der Waals surface area contributed by atoms with E-state index < -0.39 is 0 Å². The summed E-state index contributed by atoms with van der Waals surface area (Å²) in [4.78, 5) is 9.54. The van der Waals surface area contributed by atoms with Crippen LogP contribution in [0.15, 0.2) is 54.9 Å². The summed E-state index contributed by atoms with van der Waals surface area (Å²) in [5.41, 5.74) is 3.09. The Kier molecular flexibility index (Phi) is 3.95. The second-order valence-electron chi connectivity index (χ2n) is 4.19. The summed E-state index contributed by atoms with van der Waals surface area (Å²) in [6.07, 6.45) is 3.60. The van der Waals surface area contributed by atoms with Crippen molar-refractivity contribution < 1.29 is 0 Å². The van der Waals surface area contributed by atoms with E-state index in [9.17, 15) is 0 Å². The molecule has 0 aliphatic rings. The number of thiazole rings is 1. The standard InChI is InChI=1S/C15H12ClN3S/c16-15-19-10-11(20-15)9-18-14-6-2-1-5-12(14)13-7-3-4-8-17-13/h1-8,10,18H,9H2. The van der Waals surface area contributed by atoms with Crippen LogP contribution < -0.4 is 5.32 Å². The Balaban J connectivity index is 1.83. The number of pyridine rings is 1. The van der Waals surface area contributed by atoms with Crippen LogP contribution in [0.3, 0.4) is 0 Å². The molecule has 0 aliphatic carbocycles. The van der Waals surface area contributed by atoms with Gasteiger partial charge in [-0.05, 0) is 18.2 Å². The zero-order chi connectivity index (χ0) is 13.8. The van der Waals surface area contributed by atoms with E-state index in [4.69, 9.17) is 11.6 Å². The lowest BCUT2D eigenvalue weighted by atomic mass is 10.1. The van der Waals surface area contributed by atoms with Gasteiger partial charge in [0.15, 0.2) is 4.47 Å². The molecule has 100 valence electrons. The summed E-state index contributed by atoms with van der Waals surface area (Å²) >= 11 is 7.32. The number of anilines is 1. The number of hydrogen-bond donors (Lipinski definition) is 1. The molecule has 20 heavy (non-hydrogen) atoms. The van der Waals surface area contributed by atoms with E-state index in [0.717, 1.165) is 21.8 Å². The lowest BCUT2D eigenvalue weighted by molar-refractivity contribution is 1.17. The van der Waals surface area contributed by atoms with Crippen molar-refractivity contribution in [3.8, 4) is 11.3 Å². The maximum Gasteiger partial charge on any atom is 0.183 e. The molecule has 0 unspecified atom stereocenters. The number of nitrogens with one attached hydrogen (secondary N) is 1. The highest BCUT2D eigenvalue weighted by atomic mass is 35.5. The van der Waals surface area contributed by atoms with Gasteiger partial charge in [0.1, 0.15) is 0 Å². The molecule has 0 bridgehead atoms. The lowest BCUT2D eigenvalue weighted by Gasteiger charge is -2.10. The van der Waals surface area contributed by atoms with Crippen molar-refractivity contribution in [2.24, 2.45) is 0 Å². The van der Waals surface area contributed by atoms with Crippen molar-refractivity contribution in [2.75, 3.05) is 5.32 Å². The van der Waals surface area contributed by atoms with Crippen LogP contribution in [-0.2, 0) is 6.54 Å². The Hall–Kier alpha value is -1.91. The Morgan fingerprint density at radius 2 is 1.90 bits per heavy atom. The molecule has 2 heterocycles. The minimum Gasteiger partial charge on any atom is -0.380 e. The number of rotatable bonds is 4. The molecule has 3 rings (SSSR count). The number of aromatic nitrogens is 2. The Morgan fingerprint density at radius 1 is 1.05 bits per heavy atom. The fourth-order valence-electron chi connectivity index (χ4n) is 1.93. The molecule has 0 atom stereocenters. The van der Waals surface area contributed by atoms with Crippen LogP contribution in [0.4, 0.5) is 5.69 Å². The summed E-state index contributed by atoms with van der Waals surface area (Å²) in [6.45, 7) is 0.703. The van der Waals surface area contributed by atoms with Crippen molar-refractivity contribution >= 4 is 28.6 Å². The molecule has 1 aromatic carbocycles. The third-order valence-corrected chi connectivity index (χ3v) is 3.96. The first-order valence-electron chi connectivity index (χ1n) is 6.17. The second-order valence-corrected chi connectivity index (χ2v) is 5.89. The molecule has 0 spiro atoms. The highest BCUT2D eigenvalue weighted by Gasteiger charge is 2.06. The van der Waals surface area contributed by atoms with E-state index in [2.05, 4.69) is 21.4 Å². The zero-order valence-corrected chi connectivity index (χ0v) is 12.2. The normalized spacial score (nSPS) is 10.4. The number of nitrogens with zero attached hydrogens (tertiary/aromatic N) is 2. The van der Waals surface area contributed by atoms with E-state index in [1.165, 1.54) is 11.3 Å². The fraction of sp³-hybridized carbons (Fsp3) is 0.0667.